The number of benzene rings is 7. The fourth-order valence-electron chi connectivity index (χ4n) is 11.5. The largest absolute Gasteiger partial charge is 0.440 e. The SMILES string of the molecule is CC(C)(C)c1ccc(N2c3ccc(C(C)(C)C)cc3B3c4c2cc(-c2c5c(cc6c2CC6)CC5)cc4N(c2ccc(C(C)(C)C)cc2)c2oc4cc5ccc(C(C)(C)C)cc5cc4c23)cc1. The standard InChI is InChI=1S/C62H63BN2O/c1-59(2,3)41-17-22-45(23-18-41)64-51-28-21-44(62(10,11)12)35-50(51)63-56-49-31-39-30-43(61(7,8)9)16-13-36(39)34-54(49)66-58(56)65(46-24-19-42(20-25-46)60(4,5)6)53-33-40(32-52(64)57(53)63)55-47-26-14-37(47)29-38-15-27-48(38)55/h13,16-25,28-35H,14-15,26-27H2,1-12H3. The Hall–Kier alpha value is -6.00. The topological polar surface area (TPSA) is 19.6 Å². The lowest BCUT2D eigenvalue weighted by Gasteiger charge is -2.43. The van der Waals surface area contributed by atoms with Crippen LogP contribution >= 0.6 is 0 Å². The summed E-state index contributed by atoms with van der Waals surface area (Å²) in [6.45, 7) is 27.7. The van der Waals surface area contributed by atoms with Crippen molar-refractivity contribution < 1.29 is 4.42 Å². The smallest absolute Gasteiger partial charge is 0.257 e. The predicted octanol–water partition coefficient (Wildman–Crippen LogP) is 14.7. The van der Waals surface area contributed by atoms with E-state index in [4.69, 9.17) is 4.42 Å². The van der Waals surface area contributed by atoms with Crippen molar-refractivity contribution >= 4 is 79.2 Å². The molecule has 66 heavy (non-hydrogen) atoms. The Balaban J connectivity index is 1.22. The second kappa shape index (κ2) is 13.8. The summed E-state index contributed by atoms with van der Waals surface area (Å²) in [5.74, 6) is 0.921. The Morgan fingerprint density at radius 1 is 0.439 bits per heavy atom. The van der Waals surface area contributed by atoms with Gasteiger partial charge in [0, 0.05) is 39.3 Å². The van der Waals surface area contributed by atoms with Crippen LogP contribution in [0.3, 0.4) is 0 Å². The fourth-order valence-corrected chi connectivity index (χ4v) is 11.5. The van der Waals surface area contributed by atoms with Gasteiger partial charge in [0.1, 0.15) is 5.58 Å². The molecular weight excluding hydrogens is 800 g/mol. The van der Waals surface area contributed by atoms with Gasteiger partial charge < -0.3 is 9.32 Å². The molecule has 0 bridgehead atoms. The van der Waals surface area contributed by atoms with Gasteiger partial charge in [0.25, 0.3) is 6.71 Å². The summed E-state index contributed by atoms with van der Waals surface area (Å²) in [6.07, 6.45) is 4.62. The molecule has 12 rings (SSSR count). The zero-order valence-electron chi connectivity index (χ0n) is 41.2. The van der Waals surface area contributed by atoms with E-state index in [1.54, 1.807) is 22.3 Å². The van der Waals surface area contributed by atoms with Gasteiger partial charge in [-0.3, -0.25) is 4.90 Å². The van der Waals surface area contributed by atoms with Crippen LogP contribution in [0.15, 0.2) is 120 Å². The molecule has 0 saturated carbocycles. The van der Waals surface area contributed by atoms with E-state index in [0.717, 1.165) is 30.0 Å². The van der Waals surface area contributed by atoms with Gasteiger partial charge in [-0.05, 0) is 179 Å². The van der Waals surface area contributed by atoms with Crippen molar-refractivity contribution in [1.82, 2.24) is 0 Å². The molecule has 3 heterocycles. The van der Waals surface area contributed by atoms with Crippen LogP contribution in [0.4, 0.5) is 34.3 Å². The molecule has 7 aromatic carbocycles. The zero-order valence-corrected chi connectivity index (χ0v) is 41.2. The second-order valence-electron chi connectivity index (χ2n) is 24.2. The molecule has 2 aliphatic heterocycles. The van der Waals surface area contributed by atoms with E-state index in [9.17, 15) is 0 Å². The first-order valence-corrected chi connectivity index (χ1v) is 24.5. The highest BCUT2D eigenvalue weighted by Crippen LogP contribution is 2.51. The molecule has 0 spiro atoms. The number of fused-ring (bicyclic) bond motifs is 9. The number of rotatable bonds is 3. The summed E-state index contributed by atoms with van der Waals surface area (Å²) in [5, 5.41) is 3.64. The van der Waals surface area contributed by atoms with E-state index >= 15 is 0 Å². The second-order valence-corrected chi connectivity index (χ2v) is 24.2. The Kier molecular flexibility index (Phi) is 8.65. The molecule has 0 saturated heterocycles. The van der Waals surface area contributed by atoms with Crippen molar-refractivity contribution in [2.75, 3.05) is 9.80 Å². The zero-order chi connectivity index (χ0) is 46.0. The molecule has 8 aromatic rings. The molecular formula is C62H63BN2O. The Labute approximate surface area is 392 Å². The average molecular weight is 863 g/mol. The van der Waals surface area contributed by atoms with E-state index in [1.165, 1.54) is 102 Å². The van der Waals surface area contributed by atoms with E-state index in [1.807, 2.05) is 0 Å². The average Bonchev–Trinajstić information content (AvgIpc) is 3.60. The Morgan fingerprint density at radius 3 is 1.50 bits per heavy atom. The van der Waals surface area contributed by atoms with E-state index in [0.29, 0.717) is 0 Å². The predicted molar refractivity (Wildman–Crippen MR) is 283 cm³/mol. The van der Waals surface area contributed by atoms with Gasteiger partial charge in [-0.15, -0.1) is 0 Å². The third-order valence-corrected chi connectivity index (χ3v) is 15.7. The third-order valence-electron chi connectivity index (χ3n) is 15.7. The molecule has 0 N–H and O–H groups in total. The quantitative estimate of drug-likeness (QED) is 0.165. The van der Waals surface area contributed by atoms with Gasteiger partial charge >= 0.3 is 0 Å². The summed E-state index contributed by atoms with van der Waals surface area (Å²) in [5.41, 5.74) is 25.2. The lowest BCUT2D eigenvalue weighted by atomic mass is 9.33. The highest BCUT2D eigenvalue weighted by Gasteiger charge is 2.47. The molecule has 4 heteroatoms. The number of hydrogen-bond acceptors (Lipinski definition) is 3. The first-order chi connectivity index (χ1) is 31.2. The van der Waals surface area contributed by atoms with Crippen LogP contribution in [0, 0.1) is 0 Å². The maximum atomic E-state index is 7.45. The van der Waals surface area contributed by atoms with Crippen LogP contribution in [-0.4, -0.2) is 6.71 Å². The van der Waals surface area contributed by atoms with E-state index in [2.05, 4.69) is 208 Å². The molecule has 0 fully saturated rings. The van der Waals surface area contributed by atoms with Crippen molar-refractivity contribution in [3.8, 4) is 11.1 Å². The fraction of sp³-hybridized carbons (Fsp3) is 0.323. The van der Waals surface area contributed by atoms with Crippen LogP contribution in [0.5, 0.6) is 0 Å². The van der Waals surface area contributed by atoms with Crippen molar-refractivity contribution in [3.05, 3.63) is 160 Å². The normalized spacial score (nSPS) is 15.2. The molecule has 4 aliphatic rings. The molecule has 330 valence electrons. The lowest BCUT2D eigenvalue weighted by molar-refractivity contribution is 0.590. The first-order valence-electron chi connectivity index (χ1n) is 24.5. The van der Waals surface area contributed by atoms with Crippen molar-refractivity contribution in [3.63, 3.8) is 0 Å². The number of furan rings is 1. The van der Waals surface area contributed by atoms with E-state index < -0.39 is 0 Å². The summed E-state index contributed by atoms with van der Waals surface area (Å²) >= 11 is 0. The van der Waals surface area contributed by atoms with Crippen LogP contribution < -0.4 is 26.2 Å². The minimum atomic E-state index is -0.0716. The third kappa shape index (κ3) is 6.23. The van der Waals surface area contributed by atoms with Crippen molar-refractivity contribution in [2.45, 2.75) is 130 Å². The lowest BCUT2D eigenvalue weighted by Crippen LogP contribution is -2.61. The number of anilines is 6. The first kappa shape index (κ1) is 41.4. The molecule has 0 atom stereocenters. The number of aryl methyl sites for hydroxylation is 2. The van der Waals surface area contributed by atoms with Gasteiger partial charge in [-0.2, -0.15) is 0 Å². The highest BCUT2D eigenvalue weighted by atomic mass is 16.4. The van der Waals surface area contributed by atoms with Crippen LogP contribution in [-0.2, 0) is 47.3 Å². The summed E-state index contributed by atoms with van der Waals surface area (Å²) < 4.78 is 7.45. The maximum Gasteiger partial charge on any atom is 0.257 e. The minimum Gasteiger partial charge on any atom is -0.440 e. The number of nitrogens with zero attached hydrogens (tertiary/aromatic N) is 2. The molecule has 0 unspecified atom stereocenters. The van der Waals surface area contributed by atoms with Gasteiger partial charge in [0.2, 0.25) is 5.88 Å². The molecule has 0 radical (unpaired) electrons. The summed E-state index contributed by atoms with van der Waals surface area (Å²) in [7, 11) is 0. The van der Waals surface area contributed by atoms with Gasteiger partial charge in [-0.25, -0.2) is 0 Å². The maximum absolute atomic E-state index is 7.45. The summed E-state index contributed by atoms with van der Waals surface area (Å²) in [6, 6.07) is 45.5. The van der Waals surface area contributed by atoms with Gasteiger partial charge in [0.05, 0.1) is 0 Å². The van der Waals surface area contributed by atoms with E-state index in [-0.39, 0.29) is 28.4 Å². The van der Waals surface area contributed by atoms with Crippen LogP contribution in [0.1, 0.15) is 128 Å². The number of hydrogen-bond donors (Lipinski definition) is 0. The molecule has 2 aliphatic carbocycles. The van der Waals surface area contributed by atoms with Gasteiger partial charge in [-0.1, -0.05) is 144 Å². The van der Waals surface area contributed by atoms with Crippen LogP contribution in [0.25, 0.3) is 32.9 Å². The molecule has 3 nitrogen and oxygen atoms in total. The minimum absolute atomic E-state index is 0.0235. The van der Waals surface area contributed by atoms with Crippen molar-refractivity contribution in [2.24, 2.45) is 0 Å². The Morgan fingerprint density at radius 2 is 0.955 bits per heavy atom. The van der Waals surface area contributed by atoms with Gasteiger partial charge in [0.15, 0.2) is 0 Å². The molecule has 1 aromatic heterocycles. The monoisotopic (exact) mass is 863 g/mol. The van der Waals surface area contributed by atoms with Crippen LogP contribution in [0.2, 0.25) is 0 Å². The Bertz CT molecular complexity index is 3310. The highest BCUT2D eigenvalue weighted by molar-refractivity contribution is 7.01. The summed E-state index contributed by atoms with van der Waals surface area (Å²) in [4.78, 5) is 5.10. The van der Waals surface area contributed by atoms with Crippen molar-refractivity contribution in [1.29, 1.82) is 0 Å². The molecule has 0 amide bonds.